The van der Waals surface area contributed by atoms with Gasteiger partial charge in [-0.3, -0.25) is 9.59 Å². The van der Waals surface area contributed by atoms with E-state index in [1.807, 2.05) is 71.5 Å². The lowest BCUT2D eigenvalue weighted by Gasteiger charge is -2.36. The molecule has 1 atom stereocenters. The maximum atomic E-state index is 13.1. The predicted octanol–water partition coefficient (Wildman–Crippen LogP) is 4.67. The molecule has 0 spiro atoms. The number of carbonyl (C=O) groups excluding carboxylic acids is 1. The number of aromatic amines is 1. The van der Waals surface area contributed by atoms with Crippen molar-refractivity contribution in [1.82, 2.24) is 20.1 Å². The predicted molar refractivity (Wildman–Crippen MR) is 128 cm³/mol. The number of aromatic nitrogens is 3. The second-order valence-corrected chi connectivity index (χ2v) is 9.35. The highest BCUT2D eigenvalue weighted by molar-refractivity contribution is 5.94. The van der Waals surface area contributed by atoms with Crippen LogP contribution in [0.3, 0.4) is 0 Å². The minimum atomic E-state index is -0.399. The van der Waals surface area contributed by atoms with E-state index in [-0.39, 0.29) is 22.9 Å². The van der Waals surface area contributed by atoms with E-state index in [1.165, 1.54) is 0 Å². The fourth-order valence-electron chi connectivity index (χ4n) is 4.64. The lowest BCUT2D eigenvalue weighted by atomic mass is 9.74. The molecule has 0 aliphatic heterocycles. The number of rotatable bonds is 4. The Labute approximate surface area is 192 Å². The van der Waals surface area contributed by atoms with E-state index in [9.17, 15) is 9.59 Å². The normalized spacial score (nSPS) is 16.7. The summed E-state index contributed by atoms with van der Waals surface area (Å²) in [6.45, 7) is 4.39. The Morgan fingerprint density at radius 3 is 2.42 bits per heavy atom. The largest absolute Gasteiger partial charge is 0.345 e. The summed E-state index contributed by atoms with van der Waals surface area (Å²) in [5, 5.41) is 7.72. The van der Waals surface area contributed by atoms with Gasteiger partial charge >= 0.3 is 0 Å². The van der Waals surface area contributed by atoms with Crippen LogP contribution in [0.2, 0.25) is 0 Å². The third-order valence-electron chi connectivity index (χ3n) is 6.22. The van der Waals surface area contributed by atoms with Crippen LogP contribution >= 0.6 is 0 Å². The summed E-state index contributed by atoms with van der Waals surface area (Å²) in [5.74, 6) is -0.378. The van der Waals surface area contributed by atoms with Gasteiger partial charge in [-0.15, -0.1) is 0 Å². The Kier molecular flexibility index (Phi) is 5.21. The van der Waals surface area contributed by atoms with Crippen molar-refractivity contribution in [3.63, 3.8) is 0 Å². The third kappa shape index (κ3) is 4.12. The average molecular weight is 439 g/mol. The van der Waals surface area contributed by atoms with Gasteiger partial charge in [0.15, 0.2) is 0 Å². The van der Waals surface area contributed by atoms with E-state index in [2.05, 4.69) is 29.2 Å². The molecule has 0 radical (unpaired) electrons. The minimum Gasteiger partial charge on any atom is -0.345 e. The molecule has 0 fully saturated rings. The van der Waals surface area contributed by atoms with Crippen LogP contribution in [0.4, 0.5) is 0 Å². The highest BCUT2D eigenvalue weighted by atomic mass is 16.2. The summed E-state index contributed by atoms with van der Waals surface area (Å²) in [7, 11) is 0. The van der Waals surface area contributed by atoms with Crippen molar-refractivity contribution < 1.29 is 4.79 Å². The van der Waals surface area contributed by atoms with Gasteiger partial charge in [0, 0.05) is 11.3 Å². The van der Waals surface area contributed by atoms with Crippen molar-refractivity contribution in [3.05, 3.63) is 106 Å². The van der Waals surface area contributed by atoms with Gasteiger partial charge in [-0.2, -0.15) is 5.10 Å². The van der Waals surface area contributed by atoms with Crippen LogP contribution in [0, 0.1) is 5.41 Å². The second kappa shape index (κ2) is 8.20. The highest BCUT2D eigenvalue weighted by Gasteiger charge is 2.36. The maximum Gasteiger partial charge on any atom is 0.261 e. The van der Waals surface area contributed by atoms with Crippen molar-refractivity contribution in [2.24, 2.45) is 5.41 Å². The van der Waals surface area contributed by atoms with Gasteiger partial charge in [0.25, 0.3) is 11.5 Å². The van der Waals surface area contributed by atoms with Crippen LogP contribution in [0.25, 0.3) is 16.9 Å². The number of amides is 1. The number of hydrogen-bond donors (Lipinski definition) is 2. The Bertz CT molecular complexity index is 1350. The van der Waals surface area contributed by atoms with Gasteiger partial charge in [0.2, 0.25) is 0 Å². The molecular weight excluding hydrogens is 412 g/mol. The summed E-state index contributed by atoms with van der Waals surface area (Å²) in [5.41, 5.74) is 4.35. The second-order valence-electron chi connectivity index (χ2n) is 9.35. The third-order valence-corrected chi connectivity index (χ3v) is 6.22. The number of hydrogen-bond acceptors (Lipinski definition) is 3. The average Bonchev–Trinajstić information content (AvgIpc) is 3.23. The molecule has 2 aromatic heterocycles. The van der Waals surface area contributed by atoms with Gasteiger partial charge in [0.05, 0.1) is 23.6 Å². The van der Waals surface area contributed by atoms with Crippen LogP contribution in [-0.4, -0.2) is 20.7 Å². The first-order valence-corrected chi connectivity index (χ1v) is 11.1. The zero-order chi connectivity index (χ0) is 23.0. The Morgan fingerprint density at radius 1 is 1.03 bits per heavy atom. The van der Waals surface area contributed by atoms with E-state index in [0.717, 1.165) is 35.3 Å². The molecule has 1 aliphatic rings. The van der Waals surface area contributed by atoms with Crippen molar-refractivity contribution in [3.8, 4) is 16.9 Å². The van der Waals surface area contributed by atoms with Crippen LogP contribution in [0.5, 0.6) is 0 Å². The molecule has 4 aromatic rings. The molecule has 2 N–H and O–H groups in total. The van der Waals surface area contributed by atoms with Gasteiger partial charge in [-0.05, 0) is 48.1 Å². The first-order valence-electron chi connectivity index (χ1n) is 11.1. The van der Waals surface area contributed by atoms with Crippen molar-refractivity contribution in [1.29, 1.82) is 0 Å². The maximum absolute atomic E-state index is 13.1. The SMILES string of the molecule is CC1(C)Cc2c(cnn2-c2ccccc2)[C@H](NC(=O)c2ccc(-c3ccccc3)[nH]c2=O)C1. The molecule has 0 bridgehead atoms. The summed E-state index contributed by atoms with van der Waals surface area (Å²) < 4.78 is 1.96. The Morgan fingerprint density at radius 2 is 1.73 bits per heavy atom. The number of carbonyl (C=O) groups is 1. The zero-order valence-electron chi connectivity index (χ0n) is 18.7. The molecule has 1 aliphatic carbocycles. The monoisotopic (exact) mass is 438 g/mol. The van der Waals surface area contributed by atoms with Crippen molar-refractivity contribution in [2.45, 2.75) is 32.7 Å². The standard InChI is InChI=1S/C27H26N4O2/c1-27(2)15-23(21-17-28-31(24(21)16-27)19-11-7-4-8-12-19)30-26(33)20-13-14-22(29-25(20)32)18-9-5-3-6-10-18/h3-14,17,23H,15-16H2,1-2H3,(H,29,32)(H,30,33)/t23-/m1/s1. The van der Waals surface area contributed by atoms with E-state index in [0.29, 0.717) is 5.69 Å². The number of nitrogens with one attached hydrogen (secondary N) is 2. The number of nitrogens with zero attached hydrogens (tertiary/aromatic N) is 2. The van der Waals surface area contributed by atoms with Crippen LogP contribution in [0.15, 0.2) is 83.8 Å². The molecule has 6 heteroatoms. The molecule has 1 amide bonds. The topological polar surface area (TPSA) is 79.8 Å². The number of pyridine rings is 1. The fourth-order valence-corrected chi connectivity index (χ4v) is 4.64. The summed E-state index contributed by atoms with van der Waals surface area (Å²) >= 11 is 0. The summed E-state index contributed by atoms with van der Waals surface area (Å²) in [6.07, 6.45) is 3.47. The van der Waals surface area contributed by atoms with Crippen LogP contribution < -0.4 is 10.9 Å². The molecule has 6 nitrogen and oxygen atoms in total. The smallest absolute Gasteiger partial charge is 0.261 e. The van der Waals surface area contributed by atoms with Crippen LogP contribution in [0.1, 0.15) is 47.9 Å². The number of benzene rings is 2. The zero-order valence-corrected chi connectivity index (χ0v) is 18.7. The molecule has 0 saturated carbocycles. The number of fused-ring (bicyclic) bond motifs is 1. The molecule has 2 aromatic carbocycles. The molecule has 5 rings (SSSR count). The highest BCUT2D eigenvalue weighted by Crippen LogP contribution is 2.41. The number of para-hydroxylation sites is 1. The first kappa shape index (κ1) is 20.9. The van der Waals surface area contributed by atoms with Gasteiger partial charge in [0.1, 0.15) is 5.56 Å². The lowest BCUT2D eigenvalue weighted by Crippen LogP contribution is -2.38. The molecular formula is C27H26N4O2. The summed E-state index contributed by atoms with van der Waals surface area (Å²) in [6, 6.07) is 22.7. The molecule has 33 heavy (non-hydrogen) atoms. The minimum absolute atomic E-state index is 0.0267. The van der Waals surface area contributed by atoms with Crippen LogP contribution in [-0.2, 0) is 6.42 Å². The van der Waals surface area contributed by atoms with Gasteiger partial charge < -0.3 is 10.3 Å². The first-order chi connectivity index (χ1) is 15.9. The molecule has 0 unspecified atom stereocenters. The summed E-state index contributed by atoms with van der Waals surface area (Å²) in [4.78, 5) is 28.7. The molecule has 0 saturated heterocycles. The van der Waals surface area contributed by atoms with Crippen molar-refractivity contribution >= 4 is 5.91 Å². The Hall–Kier alpha value is -3.93. The molecule has 166 valence electrons. The van der Waals surface area contributed by atoms with E-state index < -0.39 is 5.56 Å². The molecule has 2 heterocycles. The van der Waals surface area contributed by atoms with Crippen molar-refractivity contribution in [2.75, 3.05) is 0 Å². The quantitative estimate of drug-likeness (QED) is 0.486. The number of H-pyrrole nitrogens is 1. The van der Waals surface area contributed by atoms with E-state index in [1.54, 1.807) is 12.1 Å². The van der Waals surface area contributed by atoms with Gasteiger partial charge in [-0.1, -0.05) is 62.4 Å². The van der Waals surface area contributed by atoms with E-state index >= 15 is 0 Å². The fraction of sp³-hybridized carbons (Fsp3) is 0.222. The Balaban J connectivity index is 1.44. The van der Waals surface area contributed by atoms with E-state index in [4.69, 9.17) is 0 Å². The lowest BCUT2D eigenvalue weighted by molar-refractivity contribution is 0.0917. The van der Waals surface area contributed by atoms with Gasteiger partial charge in [-0.25, -0.2) is 4.68 Å².